The molecule has 0 aromatic heterocycles. The first-order chi connectivity index (χ1) is 6.97. The van der Waals surface area contributed by atoms with Gasteiger partial charge in [0.05, 0.1) is 5.02 Å². The molecular formula is C11H12BrCl3. The maximum atomic E-state index is 6.10. The van der Waals surface area contributed by atoms with Crippen molar-refractivity contribution in [3.8, 4) is 0 Å². The van der Waals surface area contributed by atoms with Gasteiger partial charge < -0.3 is 0 Å². The van der Waals surface area contributed by atoms with Crippen molar-refractivity contribution < 1.29 is 0 Å². The third kappa shape index (κ3) is 3.26. The monoisotopic (exact) mass is 328 g/mol. The Bertz CT molecular complexity index is 361. The Balaban J connectivity index is 3.30. The Morgan fingerprint density at radius 1 is 1.20 bits per heavy atom. The number of rotatable bonds is 3. The molecule has 1 aromatic carbocycles. The lowest BCUT2D eigenvalue weighted by atomic mass is 9.99. The van der Waals surface area contributed by atoms with Crippen molar-refractivity contribution in [2.75, 3.05) is 0 Å². The minimum Gasteiger partial charge on any atom is -0.121 e. The first kappa shape index (κ1) is 13.6. The largest absolute Gasteiger partial charge is 0.121 e. The second-order valence-electron chi connectivity index (χ2n) is 3.84. The van der Waals surface area contributed by atoms with Crippen molar-refractivity contribution >= 4 is 50.7 Å². The lowest BCUT2D eigenvalue weighted by molar-refractivity contribution is 0.643. The summed E-state index contributed by atoms with van der Waals surface area (Å²) < 4.78 is 0.915. The topological polar surface area (TPSA) is 0 Å². The van der Waals surface area contributed by atoms with E-state index in [2.05, 4.69) is 29.8 Å². The number of halogens is 4. The van der Waals surface area contributed by atoms with Gasteiger partial charge in [0, 0.05) is 15.4 Å². The highest BCUT2D eigenvalue weighted by Crippen LogP contribution is 2.36. The second-order valence-corrected chi connectivity index (χ2v) is 5.72. The van der Waals surface area contributed by atoms with Crippen LogP contribution in [0, 0.1) is 5.92 Å². The first-order valence-electron chi connectivity index (χ1n) is 4.68. The molecule has 0 unspecified atom stereocenters. The van der Waals surface area contributed by atoms with Gasteiger partial charge in [0.15, 0.2) is 0 Å². The van der Waals surface area contributed by atoms with E-state index in [9.17, 15) is 0 Å². The standard InChI is InChI=1S/C11H12BrCl3/c1-6(2)3-7-8(5-13)9(14)4-10(15)11(7)12/h4,6H,3,5H2,1-2H3. The van der Waals surface area contributed by atoms with Crippen LogP contribution in [0.2, 0.25) is 10.0 Å². The summed E-state index contributed by atoms with van der Waals surface area (Å²) in [5.41, 5.74) is 2.10. The average molecular weight is 330 g/mol. The molecule has 0 saturated carbocycles. The molecule has 84 valence electrons. The lowest BCUT2D eigenvalue weighted by Gasteiger charge is -2.15. The second kappa shape index (κ2) is 5.77. The van der Waals surface area contributed by atoms with E-state index in [1.807, 2.05) is 0 Å². The van der Waals surface area contributed by atoms with Crippen LogP contribution in [0.3, 0.4) is 0 Å². The average Bonchev–Trinajstić information content (AvgIpc) is 2.13. The third-order valence-electron chi connectivity index (χ3n) is 2.13. The van der Waals surface area contributed by atoms with E-state index in [0.29, 0.717) is 21.8 Å². The molecule has 1 aromatic rings. The summed E-state index contributed by atoms with van der Waals surface area (Å²) in [5.74, 6) is 0.953. The Kier molecular flexibility index (Phi) is 5.24. The zero-order valence-electron chi connectivity index (χ0n) is 8.58. The van der Waals surface area contributed by atoms with Gasteiger partial charge in [-0.25, -0.2) is 0 Å². The van der Waals surface area contributed by atoms with Crippen LogP contribution in [0.1, 0.15) is 25.0 Å². The maximum Gasteiger partial charge on any atom is 0.0565 e. The molecule has 0 atom stereocenters. The SMILES string of the molecule is CC(C)Cc1c(Br)c(Cl)cc(Cl)c1CCl. The van der Waals surface area contributed by atoms with Gasteiger partial charge in [-0.3, -0.25) is 0 Å². The van der Waals surface area contributed by atoms with Crippen LogP contribution in [0.15, 0.2) is 10.5 Å². The fourth-order valence-electron chi connectivity index (χ4n) is 1.45. The van der Waals surface area contributed by atoms with Gasteiger partial charge >= 0.3 is 0 Å². The zero-order valence-corrected chi connectivity index (χ0v) is 12.4. The van der Waals surface area contributed by atoms with Crippen molar-refractivity contribution in [1.29, 1.82) is 0 Å². The molecule has 0 aliphatic rings. The smallest absolute Gasteiger partial charge is 0.0565 e. The number of hydrogen-bond acceptors (Lipinski definition) is 0. The van der Waals surface area contributed by atoms with E-state index in [4.69, 9.17) is 34.8 Å². The number of benzene rings is 1. The van der Waals surface area contributed by atoms with Gasteiger partial charge in [-0.05, 0) is 45.5 Å². The van der Waals surface area contributed by atoms with Crippen LogP contribution < -0.4 is 0 Å². The summed E-state index contributed by atoms with van der Waals surface area (Å²) in [5, 5.41) is 1.29. The van der Waals surface area contributed by atoms with E-state index >= 15 is 0 Å². The fourth-order valence-corrected chi connectivity index (χ4v) is 2.91. The Morgan fingerprint density at radius 2 is 1.80 bits per heavy atom. The summed E-state index contributed by atoms with van der Waals surface area (Å²) >= 11 is 21.5. The fraction of sp³-hybridized carbons (Fsp3) is 0.455. The molecule has 15 heavy (non-hydrogen) atoms. The minimum atomic E-state index is 0.413. The predicted octanol–water partition coefficient (Wildman–Crippen LogP) is 5.69. The van der Waals surface area contributed by atoms with Crippen molar-refractivity contribution in [2.24, 2.45) is 5.92 Å². The predicted molar refractivity (Wildman–Crippen MR) is 72.3 cm³/mol. The maximum absolute atomic E-state index is 6.10. The Labute approximate surface area is 114 Å². The summed E-state index contributed by atoms with van der Waals surface area (Å²) in [6.07, 6.45) is 0.920. The molecule has 1 rings (SSSR count). The molecule has 4 heteroatoms. The molecule has 0 amide bonds. The third-order valence-corrected chi connectivity index (χ3v) is 4.16. The van der Waals surface area contributed by atoms with Gasteiger partial charge in [0.25, 0.3) is 0 Å². The highest BCUT2D eigenvalue weighted by molar-refractivity contribution is 9.10. The molecular weight excluding hydrogens is 318 g/mol. The molecule has 0 heterocycles. The van der Waals surface area contributed by atoms with Crippen molar-refractivity contribution in [3.05, 3.63) is 31.7 Å². The van der Waals surface area contributed by atoms with Crippen LogP contribution in [0.5, 0.6) is 0 Å². The Hall–Kier alpha value is 0.570. The molecule has 0 fully saturated rings. The van der Waals surface area contributed by atoms with Crippen molar-refractivity contribution in [2.45, 2.75) is 26.1 Å². The van der Waals surface area contributed by atoms with Gasteiger partial charge in [-0.1, -0.05) is 37.0 Å². The van der Waals surface area contributed by atoms with Gasteiger partial charge in [-0.2, -0.15) is 0 Å². The summed E-state index contributed by atoms with van der Waals surface area (Å²) in [4.78, 5) is 0. The van der Waals surface area contributed by atoms with Crippen LogP contribution in [-0.4, -0.2) is 0 Å². The minimum absolute atomic E-state index is 0.413. The van der Waals surface area contributed by atoms with E-state index in [1.165, 1.54) is 0 Å². The van der Waals surface area contributed by atoms with E-state index in [-0.39, 0.29) is 0 Å². The molecule has 0 aliphatic heterocycles. The zero-order chi connectivity index (χ0) is 11.6. The van der Waals surface area contributed by atoms with E-state index < -0.39 is 0 Å². The Morgan fingerprint density at radius 3 is 2.27 bits per heavy atom. The molecule has 0 spiro atoms. The number of hydrogen-bond donors (Lipinski definition) is 0. The molecule has 0 nitrogen and oxygen atoms in total. The molecule has 0 aliphatic carbocycles. The normalized spacial score (nSPS) is 11.1. The van der Waals surface area contributed by atoms with E-state index in [1.54, 1.807) is 6.07 Å². The van der Waals surface area contributed by atoms with Crippen LogP contribution in [-0.2, 0) is 12.3 Å². The quantitative estimate of drug-likeness (QED) is 0.493. The summed E-state index contributed by atoms with van der Waals surface area (Å²) in [7, 11) is 0. The molecule has 0 N–H and O–H groups in total. The van der Waals surface area contributed by atoms with Gasteiger partial charge in [0.1, 0.15) is 0 Å². The van der Waals surface area contributed by atoms with E-state index in [0.717, 1.165) is 22.0 Å². The van der Waals surface area contributed by atoms with Crippen LogP contribution in [0.25, 0.3) is 0 Å². The number of alkyl halides is 1. The van der Waals surface area contributed by atoms with Crippen LogP contribution in [0.4, 0.5) is 0 Å². The highest BCUT2D eigenvalue weighted by Gasteiger charge is 2.15. The van der Waals surface area contributed by atoms with Gasteiger partial charge in [0.2, 0.25) is 0 Å². The van der Waals surface area contributed by atoms with Crippen molar-refractivity contribution in [1.82, 2.24) is 0 Å². The first-order valence-corrected chi connectivity index (χ1v) is 6.77. The van der Waals surface area contributed by atoms with Gasteiger partial charge in [-0.15, -0.1) is 11.6 Å². The lowest BCUT2D eigenvalue weighted by Crippen LogP contribution is -2.01. The van der Waals surface area contributed by atoms with Crippen LogP contribution >= 0.6 is 50.7 Å². The van der Waals surface area contributed by atoms with Crippen molar-refractivity contribution in [3.63, 3.8) is 0 Å². The molecule has 0 radical (unpaired) electrons. The molecule has 0 saturated heterocycles. The molecule has 0 bridgehead atoms. The summed E-state index contributed by atoms with van der Waals surface area (Å²) in [6.45, 7) is 4.30. The highest BCUT2D eigenvalue weighted by atomic mass is 79.9. The summed E-state index contributed by atoms with van der Waals surface area (Å²) in [6, 6.07) is 1.73.